The number of nitrogens with zero attached hydrogens (tertiary/aromatic N) is 3. The Kier molecular flexibility index (Phi) is 8.55. The van der Waals surface area contributed by atoms with E-state index in [1.54, 1.807) is 18.5 Å². The predicted molar refractivity (Wildman–Crippen MR) is 158 cm³/mol. The highest BCUT2D eigenvalue weighted by atomic mass is 35.5. The van der Waals surface area contributed by atoms with Crippen molar-refractivity contribution in [2.24, 2.45) is 0 Å². The first-order valence-electron chi connectivity index (χ1n) is 14.2. The van der Waals surface area contributed by atoms with E-state index in [1.165, 1.54) is 13.2 Å². The van der Waals surface area contributed by atoms with Crippen molar-refractivity contribution >= 4 is 11.6 Å². The second kappa shape index (κ2) is 12.7. The molecule has 2 heterocycles. The van der Waals surface area contributed by atoms with Gasteiger partial charge in [-0.25, -0.2) is 14.4 Å². The Bertz CT molecular complexity index is 1540. The summed E-state index contributed by atoms with van der Waals surface area (Å²) < 4.78 is 32.6. The number of aliphatic hydroxyl groups excluding tert-OH is 1. The molecule has 9 heteroatoms. The molecule has 0 amide bonds. The molecule has 0 radical (unpaired) electrons. The molecular formula is C33H33ClFN3O4. The van der Waals surface area contributed by atoms with Gasteiger partial charge in [0, 0.05) is 54.8 Å². The molecule has 0 bridgehead atoms. The summed E-state index contributed by atoms with van der Waals surface area (Å²) in [5.41, 5.74) is 5.37. The molecule has 1 aliphatic carbocycles. The molecule has 2 aliphatic rings. The Morgan fingerprint density at radius 2 is 1.74 bits per heavy atom. The summed E-state index contributed by atoms with van der Waals surface area (Å²) in [4.78, 5) is 10.6. The minimum atomic E-state index is -0.250. The molecule has 1 fully saturated rings. The summed E-state index contributed by atoms with van der Waals surface area (Å²) in [6.07, 6.45) is 5.90. The second-order valence-electron chi connectivity index (χ2n) is 10.8. The van der Waals surface area contributed by atoms with Crippen molar-refractivity contribution in [2.45, 2.75) is 51.0 Å². The Hall–Kier alpha value is -3.72. The van der Waals surface area contributed by atoms with Gasteiger partial charge in [0.15, 0.2) is 0 Å². The fourth-order valence-corrected chi connectivity index (χ4v) is 5.98. The molecule has 42 heavy (non-hydrogen) atoms. The van der Waals surface area contributed by atoms with Crippen LogP contribution in [0.2, 0.25) is 5.02 Å². The average molecular weight is 590 g/mol. The molecule has 1 atom stereocenters. The molecule has 1 N–H and O–H groups in total. The van der Waals surface area contributed by atoms with Crippen molar-refractivity contribution in [3.05, 3.63) is 100 Å². The van der Waals surface area contributed by atoms with E-state index in [4.69, 9.17) is 25.8 Å². The Morgan fingerprint density at radius 1 is 0.976 bits per heavy atom. The molecule has 0 spiro atoms. The minimum absolute atomic E-state index is 0.221. The third-order valence-corrected chi connectivity index (χ3v) is 8.27. The van der Waals surface area contributed by atoms with Crippen LogP contribution in [0.3, 0.4) is 0 Å². The number of ether oxygens (including phenoxy) is 3. The smallest absolute Gasteiger partial charge is 0.316 e. The maximum Gasteiger partial charge on any atom is 0.316 e. The van der Waals surface area contributed by atoms with Gasteiger partial charge >= 0.3 is 6.01 Å². The summed E-state index contributed by atoms with van der Waals surface area (Å²) >= 11 is 6.82. The van der Waals surface area contributed by atoms with Crippen molar-refractivity contribution in [2.75, 3.05) is 20.2 Å². The quantitative estimate of drug-likeness (QED) is 0.237. The van der Waals surface area contributed by atoms with Crippen molar-refractivity contribution in [3.8, 4) is 28.6 Å². The summed E-state index contributed by atoms with van der Waals surface area (Å²) in [7, 11) is 1.52. The number of likely N-dealkylation sites (tertiary alicyclic amines) is 1. The number of benzene rings is 3. The van der Waals surface area contributed by atoms with Crippen molar-refractivity contribution in [1.82, 2.24) is 14.9 Å². The zero-order chi connectivity index (χ0) is 29.1. The topological polar surface area (TPSA) is 76.9 Å². The highest BCUT2D eigenvalue weighted by Crippen LogP contribution is 2.43. The number of methoxy groups -OCH3 is 1. The fraction of sp³-hybridized carbons (Fsp3) is 0.333. The molecule has 1 aromatic heterocycles. The van der Waals surface area contributed by atoms with Gasteiger partial charge in [-0.2, -0.15) is 0 Å². The highest BCUT2D eigenvalue weighted by Gasteiger charge is 2.28. The summed E-state index contributed by atoms with van der Waals surface area (Å²) in [5, 5.41) is 10.4. The van der Waals surface area contributed by atoms with Crippen LogP contribution in [0, 0.1) is 5.82 Å². The average Bonchev–Trinajstić information content (AvgIpc) is 3.42. The van der Waals surface area contributed by atoms with Crippen LogP contribution < -0.4 is 14.2 Å². The lowest BCUT2D eigenvalue weighted by molar-refractivity contribution is 0.0787. The Morgan fingerprint density at radius 3 is 2.50 bits per heavy atom. The summed E-state index contributed by atoms with van der Waals surface area (Å²) in [6.45, 7) is 2.49. The predicted octanol–water partition coefficient (Wildman–Crippen LogP) is 6.55. The zero-order valence-electron chi connectivity index (χ0n) is 23.4. The third-order valence-electron chi connectivity index (χ3n) is 7.97. The van der Waals surface area contributed by atoms with Gasteiger partial charge < -0.3 is 19.3 Å². The first kappa shape index (κ1) is 28.4. The lowest BCUT2D eigenvalue weighted by atomic mass is 9.96. The standard InChI is InChI=1S/C33H33ClFN3O4/c1-40-33-36-17-21(18-37-33)20-41-31-16-32(28(34)15-22(31)19-38-13-11-23(39)12-14-38)42-30-10-9-25-24(6-4-7-27(25)30)26-5-2-3-8-29(26)35/h2-8,15-18,23,30,39H,9-14,19-20H2,1H3/t30-/m0/s1. The number of fused-ring (bicyclic) bond motifs is 1. The lowest BCUT2D eigenvalue weighted by Crippen LogP contribution is -2.35. The van der Waals surface area contributed by atoms with Crippen LogP contribution in [0.25, 0.3) is 11.1 Å². The monoisotopic (exact) mass is 589 g/mol. The van der Waals surface area contributed by atoms with E-state index in [-0.39, 0.29) is 24.6 Å². The van der Waals surface area contributed by atoms with Gasteiger partial charge in [0.05, 0.1) is 18.2 Å². The second-order valence-corrected chi connectivity index (χ2v) is 11.2. The number of hydrogen-bond donors (Lipinski definition) is 1. The molecule has 218 valence electrons. The van der Waals surface area contributed by atoms with Gasteiger partial charge in [-0.1, -0.05) is 48.0 Å². The molecule has 7 nitrogen and oxygen atoms in total. The van der Waals surface area contributed by atoms with Gasteiger partial charge in [-0.15, -0.1) is 0 Å². The largest absolute Gasteiger partial charge is 0.488 e. The number of rotatable bonds is 9. The van der Waals surface area contributed by atoms with E-state index in [2.05, 4.69) is 14.9 Å². The van der Waals surface area contributed by atoms with Crippen LogP contribution >= 0.6 is 11.6 Å². The molecule has 1 saturated heterocycles. The number of halogens is 2. The zero-order valence-corrected chi connectivity index (χ0v) is 24.2. The van der Waals surface area contributed by atoms with E-state index in [9.17, 15) is 9.50 Å². The minimum Gasteiger partial charge on any atom is -0.488 e. The number of aliphatic hydroxyl groups is 1. The maximum absolute atomic E-state index is 14.7. The van der Waals surface area contributed by atoms with E-state index in [0.717, 1.165) is 66.6 Å². The summed E-state index contributed by atoms with van der Waals surface area (Å²) in [6, 6.07) is 16.9. The normalized spacial score (nSPS) is 17.2. The summed E-state index contributed by atoms with van der Waals surface area (Å²) in [5.74, 6) is 0.959. The van der Waals surface area contributed by atoms with Crippen LogP contribution in [0.15, 0.2) is 67.0 Å². The van der Waals surface area contributed by atoms with Gasteiger partial charge in [-0.3, -0.25) is 4.90 Å². The third kappa shape index (κ3) is 6.21. The van der Waals surface area contributed by atoms with Crippen LogP contribution in [0.4, 0.5) is 4.39 Å². The molecule has 0 saturated carbocycles. The van der Waals surface area contributed by atoms with Gasteiger partial charge in [0.25, 0.3) is 0 Å². The molecule has 4 aromatic rings. The SMILES string of the molecule is COc1ncc(COc2cc(O[C@H]3CCc4c(-c5ccccc5F)cccc43)c(Cl)cc2CN2CCC(O)CC2)cn1. The van der Waals surface area contributed by atoms with E-state index in [0.29, 0.717) is 34.6 Å². The molecule has 1 aliphatic heterocycles. The van der Waals surface area contributed by atoms with E-state index < -0.39 is 0 Å². The van der Waals surface area contributed by atoms with Crippen LogP contribution in [0.5, 0.6) is 17.5 Å². The van der Waals surface area contributed by atoms with Crippen molar-refractivity contribution in [3.63, 3.8) is 0 Å². The van der Waals surface area contributed by atoms with E-state index in [1.807, 2.05) is 42.5 Å². The lowest BCUT2D eigenvalue weighted by Gasteiger charge is -2.30. The Balaban J connectivity index is 1.26. The van der Waals surface area contributed by atoms with Crippen molar-refractivity contribution in [1.29, 1.82) is 0 Å². The number of piperidine rings is 1. The van der Waals surface area contributed by atoms with E-state index >= 15 is 0 Å². The van der Waals surface area contributed by atoms with Gasteiger partial charge in [-0.05, 0) is 54.5 Å². The highest BCUT2D eigenvalue weighted by molar-refractivity contribution is 6.32. The number of aromatic nitrogens is 2. The van der Waals surface area contributed by atoms with Crippen LogP contribution in [-0.4, -0.2) is 46.3 Å². The van der Waals surface area contributed by atoms with Gasteiger partial charge in [0.2, 0.25) is 0 Å². The van der Waals surface area contributed by atoms with Crippen LogP contribution in [-0.2, 0) is 19.6 Å². The molecule has 3 aromatic carbocycles. The Labute approximate surface area is 249 Å². The molecular weight excluding hydrogens is 557 g/mol. The molecule has 0 unspecified atom stereocenters. The van der Waals surface area contributed by atoms with Crippen molar-refractivity contribution < 1.29 is 23.7 Å². The van der Waals surface area contributed by atoms with Crippen LogP contribution in [0.1, 0.15) is 47.6 Å². The molecule has 6 rings (SSSR count). The first-order chi connectivity index (χ1) is 20.5. The van der Waals surface area contributed by atoms with Gasteiger partial charge in [0.1, 0.15) is 30.0 Å². The maximum atomic E-state index is 14.7. The first-order valence-corrected chi connectivity index (χ1v) is 14.6. The fourth-order valence-electron chi connectivity index (χ4n) is 5.75. The number of hydrogen-bond acceptors (Lipinski definition) is 7.